The molecule has 0 saturated heterocycles. The Bertz CT molecular complexity index is 649. The lowest BCUT2D eigenvalue weighted by Crippen LogP contribution is -2.09. The van der Waals surface area contributed by atoms with Crippen LogP contribution in [0.4, 0.5) is 4.39 Å². The maximum Gasteiger partial charge on any atom is 0.144 e. The lowest BCUT2D eigenvalue weighted by molar-refractivity contribution is 0.471. The molecule has 0 aliphatic carbocycles. The van der Waals surface area contributed by atoms with Crippen LogP contribution in [0, 0.1) is 5.82 Å². The molecule has 0 unspecified atom stereocenters. The van der Waals surface area contributed by atoms with Gasteiger partial charge >= 0.3 is 0 Å². The van der Waals surface area contributed by atoms with E-state index in [1.165, 1.54) is 12.1 Å². The van der Waals surface area contributed by atoms with Gasteiger partial charge in [0.2, 0.25) is 0 Å². The molecule has 2 nitrogen and oxygen atoms in total. The van der Waals surface area contributed by atoms with Gasteiger partial charge in [0, 0.05) is 11.6 Å². The largest absolute Gasteiger partial charge is 0.455 e. The third-order valence-electron chi connectivity index (χ3n) is 2.33. The summed E-state index contributed by atoms with van der Waals surface area (Å²) in [7, 11) is 0. The van der Waals surface area contributed by atoms with E-state index in [2.05, 4.69) is 31.9 Å². The van der Waals surface area contributed by atoms with Crippen molar-refractivity contribution in [2.45, 2.75) is 0 Å². The molecule has 19 heavy (non-hydrogen) atoms. The van der Waals surface area contributed by atoms with Crippen molar-refractivity contribution in [2.24, 2.45) is 5.73 Å². The van der Waals surface area contributed by atoms with Crippen molar-refractivity contribution < 1.29 is 9.13 Å². The van der Waals surface area contributed by atoms with Gasteiger partial charge < -0.3 is 10.5 Å². The standard InChI is InChI=1S/C13H8Br2FNOS/c14-9-3-2-8(16)6-12(9)18-11-4-1-7(13(17)19)5-10(11)15/h1-6H,(H2,17,19). The van der Waals surface area contributed by atoms with E-state index < -0.39 is 0 Å². The SMILES string of the molecule is NC(=S)c1ccc(Oc2cc(F)ccc2Br)c(Br)c1. The summed E-state index contributed by atoms with van der Waals surface area (Å²) in [6, 6.07) is 9.46. The molecule has 0 bridgehead atoms. The maximum absolute atomic E-state index is 13.2. The van der Waals surface area contributed by atoms with Crippen LogP contribution in [0.25, 0.3) is 0 Å². The molecule has 2 rings (SSSR count). The third kappa shape index (κ3) is 3.52. The van der Waals surface area contributed by atoms with Crippen LogP contribution in [-0.4, -0.2) is 4.99 Å². The minimum atomic E-state index is -0.367. The number of nitrogens with two attached hydrogens (primary N) is 1. The van der Waals surface area contributed by atoms with Crippen LogP contribution in [0.5, 0.6) is 11.5 Å². The van der Waals surface area contributed by atoms with Gasteiger partial charge in [-0.2, -0.15) is 0 Å². The Hall–Kier alpha value is -0.980. The van der Waals surface area contributed by atoms with Crippen molar-refractivity contribution in [1.29, 1.82) is 0 Å². The number of hydrogen-bond acceptors (Lipinski definition) is 2. The molecule has 0 heterocycles. The lowest BCUT2D eigenvalue weighted by Gasteiger charge is -2.10. The van der Waals surface area contributed by atoms with Crippen molar-refractivity contribution in [3.63, 3.8) is 0 Å². The first kappa shape index (κ1) is 14.4. The molecule has 0 fully saturated rings. The summed E-state index contributed by atoms with van der Waals surface area (Å²) in [5, 5.41) is 0. The molecule has 0 spiro atoms. The van der Waals surface area contributed by atoms with Gasteiger partial charge in [0.1, 0.15) is 22.3 Å². The van der Waals surface area contributed by atoms with E-state index in [9.17, 15) is 4.39 Å². The van der Waals surface area contributed by atoms with Gasteiger partial charge in [-0.15, -0.1) is 0 Å². The highest BCUT2D eigenvalue weighted by Gasteiger charge is 2.09. The predicted octanol–water partition coefficient (Wildman–Crippen LogP) is 4.78. The number of benzene rings is 2. The Morgan fingerprint density at radius 3 is 2.42 bits per heavy atom. The number of rotatable bonds is 3. The van der Waals surface area contributed by atoms with E-state index in [-0.39, 0.29) is 5.82 Å². The topological polar surface area (TPSA) is 35.2 Å². The molecule has 0 aliphatic rings. The Kier molecular flexibility index (Phi) is 4.54. The van der Waals surface area contributed by atoms with Crippen molar-refractivity contribution in [1.82, 2.24) is 0 Å². The van der Waals surface area contributed by atoms with Crippen LogP contribution in [0.2, 0.25) is 0 Å². The number of ether oxygens (including phenoxy) is 1. The van der Waals surface area contributed by atoms with Crippen LogP contribution in [0.1, 0.15) is 5.56 Å². The van der Waals surface area contributed by atoms with Crippen LogP contribution in [0.15, 0.2) is 45.3 Å². The van der Waals surface area contributed by atoms with E-state index in [4.69, 9.17) is 22.7 Å². The first-order chi connectivity index (χ1) is 8.97. The van der Waals surface area contributed by atoms with Crippen LogP contribution < -0.4 is 10.5 Å². The molecule has 2 N–H and O–H groups in total. The highest BCUT2D eigenvalue weighted by Crippen LogP contribution is 2.34. The monoisotopic (exact) mass is 403 g/mol. The normalized spacial score (nSPS) is 10.3. The van der Waals surface area contributed by atoms with E-state index >= 15 is 0 Å². The fraction of sp³-hybridized carbons (Fsp3) is 0. The van der Waals surface area contributed by atoms with Crippen molar-refractivity contribution >= 4 is 49.1 Å². The fourth-order valence-electron chi connectivity index (χ4n) is 1.41. The quantitative estimate of drug-likeness (QED) is 0.747. The Morgan fingerprint density at radius 2 is 1.79 bits per heavy atom. The highest BCUT2D eigenvalue weighted by molar-refractivity contribution is 9.11. The summed E-state index contributed by atoms with van der Waals surface area (Å²) < 4.78 is 20.2. The molecular weight excluding hydrogens is 397 g/mol. The minimum Gasteiger partial charge on any atom is -0.455 e. The summed E-state index contributed by atoms with van der Waals surface area (Å²) in [6.45, 7) is 0. The smallest absolute Gasteiger partial charge is 0.144 e. The molecule has 0 amide bonds. The molecule has 0 atom stereocenters. The molecule has 6 heteroatoms. The van der Waals surface area contributed by atoms with Crippen LogP contribution >= 0.6 is 44.1 Å². The second-order valence-electron chi connectivity index (χ2n) is 3.69. The maximum atomic E-state index is 13.2. The first-order valence-electron chi connectivity index (χ1n) is 5.19. The summed E-state index contributed by atoms with van der Waals surface area (Å²) in [4.78, 5) is 0.305. The third-order valence-corrected chi connectivity index (χ3v) is 3.84. The molecule has 0 aromatic heterocycles. The van der Waals surface area contributed by atoms with E-state index in [0.29, 0.717) is 25.4 Å². The minimum absolute atomic E-state index is 0.305. The summed E-state index contributed by atoms with van der Waals surface area (Å²) in [6.07, 6.45) is 0. The second kappa shape index (κ2) is 5.98. The predicted molar refractivity (Wildman–Crippen MR) is 84.2 cm³/mol. The van der Waals surface area contributed by atoms with Gasteiger partial charge in [-0.3, -0.25) is 0 Å². The average molecular weight is 405 g/mol. The van der Waals surface area contributed by atoms with E-state index in [1.54, 1.807) is 24.3 Å². The van der Waals surface area contributed by atoms with Crippen molar-refractivity contribution in [2.75, 3.05) is 0 Å². The van der Waals surface area contributed by atoms with Crippen LogP contribution in [-0.2, 0) is 0 Å². The Labute approximate surface area is 132 Å². The average Bonchev–Trinajstić information content (AvgIpc) is 2.36. The number of halogens is 3. The Morgan fingerprint density at radius 1 is 1.05 bits per heavy atom. The summed E-state index contributed by atoms with van der Waals surface area (Å²) in [5.74, 6) is 0.573. The molecule has 2 aromatic carbocycles. The van der Waals surface area contributed by atoms with Crippen LogP contribution in [0.3, 0.4) is 0 Å². The Balaban J connectivity index is 2.33. The molecule has 0 saturated carbocycles. The van der Waals surface area contributed by atoms with E-state index in [1.807, 2.05) is 0 Å². The zero-order valence-electron chi connectivity index (χ0n) is 9.49. The van der Waals surface area contributed by atoms with Gasteiger partial charge in [-0.05, 0) is 62.2 Å². The van der Waals surface area contributed by atoms with E-state index in [0.717, 1.165) is 5.56 Å². The molecule has 2 aromatic rings. The first-order valence-corrected chi connectivity index (χ1v) is 7.19. The second-order valence-corrected chi connectivity index (χ2v) is 5.83. The lowest BCUT2D eigenvalue weighted by atomic mass is 10.2. The zero-order chi connectivity index (χ0) is 14.0. The van der Waals surface area contributed by atoms with Gasteiger partial charge in [0.25, 0.3) is 0 Å². The van der Waals surface area contributed by atoms with Crippen molar-refractivity contribution in [3.8, 4) is 11.5 Å². The van der Waals surface area contributed by atoms with Gasteiger partial charge in [-0.1, -0.05) is 12.2 Å². The van der Waals surface area contributed by atoms with Gasteiger partial charge in [0.15, 0.2) is 0 Å². The molecule has 0 radical (unpaired) electrons. The summed E-state index contributed by atoms with van der Waals surface area (Å²) >= 11 is 11.6. The number of thiocarbonyl (C=S) groups is 1. The fourth-order valence-corrected chi connectivity index (χ4v) is 2.33. The number of hydrogen-bond donors (Lipinski definition) is 1. The highest BCUT2D eigenvalue weighted by atomic mass is 79.9. The summed E-state index contributed by atoms with van der Waals surface area (Å²) in [5.41, 5.74) is 6.27. The molecule has 98 valence electrons. The van der Waals surface area contributed by atoms with Gasteiger partial charge in [0.05, 0.1) is 8.95 Å². The van der Waals surface area contributed by atoms with Gasteiger partial charge in [-0.25, -0.2) is 4.39 Å². The molecular formula is C13H8Br2FNOS. The van der Waals surface area contributed by atoms with Crippen molar-refractivity contribution in [3.05, 3.63) is 56.7 Å². The molecule has 0 aliphatic heterocycles. The zero-order valence-corrected chi connectivity index (χ0v) is 13.5.